The minimum Gasteiger partial charge on any atom is -0.353 e. The Morgan fingerprint density at radius 3 is 1.89 bits per heavy atom. The summed E-state index contributed by atoms with van der Waals surface area (Å²) >= 11 is 0. The largest absolute Gasteiger partial charge is 0.353 e. The minimum atomic E-state index is -0.0626. The summed E-state index contributed by atoms with van der Waals surface area (Å²) in [6.45, 7) is 5.98. The summed E-state index contributed by atoms with van der Waals surface area (Å²) in [5.41, 5.74) is 0. The topological polar surface area (TPSA) is 42.2 Å². The summed E-state index contributed by atoms with van der Waals surface area (Å²) in [6, 6.07) is 2.18. The Hall–Kier alpha value is -0.590. The van der Waals surface area contributed by atoms with Gasteiger partial charge in [-0.1, -0.05) is 39.5 Å². The summed E-state index contributed by atoms with van der Waals surface area (Å²) < 4.78 is 11.6. The van der Waals surface area contributed by atoms with Gasteiger partial charge in [-0.25, -0.2) is 0 Å². The zero-order valence-corrected chi connectivity index (χ0v) is 12.8. The summed E-state index contributed by atoms with van der Waals surface area (Å²) in [7, 11) is 0. The summed E-state index contributed by atoms with van der Waals surface area (Å²) in [5.74, 6) is 0. The van der Waals surface area contributed by atoms with E-state index in [-0.39, 0.29) is 6.29 Å². The van der Waals surface area contributed by atoms with Crippen LogP contribution in [-0.4, -0.2) is 19.5 Å². The first kappa shape index (κ1) is 18.4. The van der Waals surface area contributed by atoms with Gasteiger partial charge in [-0.2, -0.15) is 5.26 Å². The highest BCUT2D eigenvalue weighted by atomic mass is 16.7. The van der Waals surface area contributed by atoms with Gasteiger partial charge in [-0.05, 0) is 32.1 Å². The van der Waals surface area contributed by atoms with Crippen LogP contribution in [0.15, 0.2) is 0 Å². The first-order valence-electron chi connectivity index (χ1n) is 7.95. The maximum atomic E-state index is 8.52. The van der Waals surface area contributed by atoms with Crippen molar-refractivity contribution in [1.29, 1.82) is 5.26 Å². The van der Waals surface area contributed by atoms with Gasteiger partial charge in [0.05, 0.1) is 6.07 Å². The molecule has 0 bridgehead atoms. The fraction of sp³-hybridized carbons (Fsp3) is 0.938. The van der Waals surface area contributed by atoms with Crippen molar-refractivity contribution in [3.63, 3.8) is 0 Å². The van der Waals surface area contributed by atoms with E-state index in [1.807, 2.05) is 0 Å². The third kappa shape index (κ3) is 13.6. The lowest BCUT2D eigenvalue weighted by molar-refractivity contribution is -0.147. The van der Waals surface area contributed by atoms with Gasteiger partial charge in [0.1, 0.15) is 0 Å². The number of nitriles is 1. The molecule has 0 N–H and O–H groups in total. The Balaban J connectivity index is 3.69. The minimum absolute atomic E-state index is 0.0626. The zero-order valence-electron chi connectivity index (χ0n) is 12.8. The maximum Gasteiger partial charge on any atom is 0.157 e. The second-order valence-electron chi connectivity index (χ2n) is 4.99. The van der Waals surface area contributed by atoms with Gasteiger partial charge in [0.25, 0.3) is 0 Å². The summed E-state index contributed by atoms with van der Waals surface area (Å²) in [6.07, 6.45) is 10.6. The van der Waals surface area contributed by atoms with Crippen molar-refractivity contribution in [2.75, 3.05) is 13.2 Å². The lowest BCUT2D eigenvalue weighted by Gasteiger charge is -2.18. The molecular weight excluding hydrogens is 238 g/mol. The zero-order chi connectivity index (χ0) is 14.2. The molecule has 0 aromatic heterocycles. The number of hydrogen-bond donors (Lipinski definition) is 0. The van der Waals surface area contributed by atoms with Crippen LogP contribution >= 0.6 is 0 Å². The monoisotopic (exact) mass is 269 g/mol. The van der Waals surface area contributed by atoms with E-state index in [1.54, 1.807) is 0 Å². The Morgan fingerprint density at radius 2 is 1.42 bits per heavy atom. The van der Waals surface area contributed by atoms with Crippen LogP contribution in [0.4, 0.5) is 0 Å². The van der Waals surface area contributed by atoms with Gasteiger partial charge in [-0.3, -0.25) is 0 Å². The second-order valence-corrected chi connectivity index (χ2v) is 4.99. The molecule has 0 fully saturated rings. The van der Waals surface area contributed by atoms with Gasteiger partial charge >= 0.3 is 0 Å². The molecule has 0 radical (unpaired) electrons. The molecule has 0 rings (SSSR count). The number of rotatable bonds is 14. The average Bonchev–Trinajstić information content (AvgIpc) is 2.43. The van der Waals surface area contributed by atoms with Gasteiger partial charge in [-0.15, -0.1) is 0 Å². The van der Waals surface area contributed by atoms with E-state index in [0.29, 0.717) is 6.42 Å². The predicted octanol–water partition coefficient (Wildman–Crippen LogP) is 4.81. The van der Waals surface area contributed by atoms with Crippen molar-refractivity contribution in [3.05, 3.63) is 0 Å². The molecule has 0 saturated carbocycles. The fourth-order valence-electron chi connectivity index (χ4n) is 1.86. The Morgan fingerprint density at radius 1 is 0.842 bits per heavy atom. The van der Waals surface area contributed by atoms with Crippen LogP contribution in [0, 0.1) is 11.3 Å². The quantitative estimate of drug-likeness (QED) is 0.336. The molecule has 112 valence electrons. The molecule has 0 spiro atoms. The van der Waals surface area contributed by atoms with E-state index in [4.69, 9.17) is 14.7 Å². The molecular formula is C16H31NO2. The number of nitrogens with zero attached hydrogens (tertiary/aromatic N) is 1. The highest BCUT2D eigenvalue weighted by molar-refractivity contribution is 4.68. The molecule has 0 amide bonds. The third-order valence-corrected chi connectivity index (χ3v) is 3.08. The van der Waals surface area contributed by atoms with Crippen LogP contribution in [0.2, 0.25) is 0 Å². The van der Waals surface area contributed by atoms with E-state index >= 15 is 0 Å². The summed E-state index contributed by atoms with van der Waals surface area (Å²) in [4.78, 5) is 0. The van der Waals surface area contributed by atoms with Crippen molar-refractivity contribution in [2.24, 2.45) is 0 Å². The van der Waals surface area contributed by atoms with Crippen molar-refractivity contribution in [1.82, 2.24) is 0 Å². The van der Waals surface area contributed by atoms with Crippen molar-refractivity contribution in [2.45, 2.75) is 84.3 Å². The van der Waals surface area contributed by atoms with Crippen LogP contribution in [0.3, 0.4) is 0 Å². The SMILES string of the molecule is CCCCCOC(CCCCC#N)OCCCCC. The van der Waals surface area contributed by atoms with Crippen molar-refractivity contribution < 1.29 is 9.47 Å². The lowest BCUT2D eigenvalue weighted by atomic mass is 10.2. The normalized spacial score (nSPS) is 10.8. The maximum absolute atomic E-state index is 8.52. The molecule has 19 heavy (non-hydrogen) atoms. The number of unbranched alkanes of at least 4 members (excludes halogenated alkanes) is 6. The molecule has 3 nitrogen and oxygen atoms in total. The van der Waals surface area contributed by atoms with Gasteiger partial charge < -0.3 is 9.47 Å². The number of hydrogen-bond acceptors (Lipinski definition) is 3. The molecule has 0 heterocycles. The molecule has 0 aliphatic heterocycles. The smallest absolute Gasteiger partial charge is 0.157 e. The van der Waals surface area contributed by atoms with Crippen molar-refractivity contribution >= 4 is 0 Å². The van der Waals surface area contributed by atoms with E-state index in [9.17, 15) is 0 Å². The molecule has 0 aliphatic carbocycles. The van der Waals surface area contributed by atoms with Gasteiger partial charge in [0, 0.05) is 19.6 Å². The van der Waals surface area contributed by atoms with Gasteiger partial charge in [0.15, 0.2) is 6.29 Å². The van der Waals surface area contributed by atoms with Crippen molar-refractivity contribution in [3.8, 4) is 6.07 Å². The molecule has 0 saturated heterocycles. The summed E-state index contributed by atoms with van der Waals surface area (Å²) in [5, 5.41) is 8.52. The Labute approximate surface area is 119 Å². The van der Waals surface area contributed by atoms with Crippen LogP contribution < -0.4 is 0 Å². The molecule has 0 unspecified atom stereocenters. The van der Waals surface area contributed by atoms with Crippen LogP contribution in [-0.2, 0) is 9.47 Å². The van der Waals surface area contributed by atoms with E-state index in [0.717, 1.165) is 45.3 Å². The van der Waals surface area contributed by atoms with E-state index in [2.05, 4.69) is 19.9 Å². The predicted molar refractivity (Wildman–Crippen MR) is 78.8 cm³/mol. The third-order valence-electron chi connectivity index (χ3n) is 3.08. The molecule has 0 atom stereocenters. The standard InChI is InChI=1S/C16H31NO2/c1-3-5-10-14-18-16(12-8-7-9-13-17)19-15-11-6-4-2/h16H,3-12,14-15H2,1-2H3. The number of ether oxygens (including phenoxy) is 2. The highest BCUT2D eigenvalue weighted by Crippen LogP contribution is 2.10. The van der Waals surface area contributed by atoms with Crippen LogP contribution in [0.25, 0.3) is 0 Å². The first-order chi connectivity index (χ1) is 9.35. The Bertz CT molecular complexity index is 201. The van der Waals surface area contributed by atoms with E-state index in [1.165, 1.54) is 25.7 Å². The molecule has 0 aromatic rings. The van der Waals surface area contributed by atoms with Crippen LogP contribution in [0.1, 0.15) is 78.1 Å². The van der Waals surface area contributed by atoms with E-state index < -0.39 is 0 Å². The highest BCUT2D eigenvalue weighted by Gasteiger charge is 2.08. The van der Waals surface area contributed by atoms with Gasteiger partial charge in [0.2, 0.25) is 0 Å². The molecule has 0 aliphatic rings. The lowest BCUT2D eigenvalue weighted by Crippen LogP contribution is -2.19. The van der Waals surface area contributed by atoms with Crippen LogP contribution in [0.5, 0.6) is 0 Å². The molecule has 0 aromatic carbocycles. The first-order valence-corrected chi connectivity index (χ1v) is 7.95. The average molecular weight is 269 g/mol. The Kier molecular flexibility index (Phi) is 15.0. The fourth-order valence-corrected chi connectivity index (χ4v) is 1.86. The molecule has 3 heteroatoms. The second kappa shape index (κ2) is 15.5.